The number of anilines is 4. The molecule has 1 aliphatic heterocycles. The number of benzene rings is 4. The van der Waals surface area contributed by atoms with Gasteiger partial charge in [-0.05, 0) is 67.6 Å². The maximum atomic E-state index is 13.0. The van der Waals surface area contributed by atoms with E-state index in [1.54, 1.807) is 0 Å². The molecule has 0 saturated carbocycles. The third kappa shape index (κ3) is 10.1. The molecule has 1 aliphatic rings. The van der Waals surface area contributed by atoms with Crippen LogP contribution in [0.2, 0.25) is 0 Å². The molecule has 4 aromatic carbocycles. The predicted octanol–water partition coefficient (Wildman–Crippen LogP) is -1.06. The van der Waals surface area contributed by atoms with Crippen LogP contribution in [-0.4, -0.2) is 53.4 Å². The maximum Gasteiger partial charge on any atom is 1.00 e. The van der Waals surface area contributed by atoms with Crippen molar-refractivity contribution < 1.29 is 99.7 Å². The van der Waals surface area contributed by atoms with Crippen LogP contribution in [0.3, 0.4) is 0 Å². The minimum Gasteiger partial charge on any atom is -0.744 e. The fourth-order valence-electron chi connectivity index (χ4n) is 4.46. The van der Waals surface area contributed by atoms with Crippen molar-refractivity contribution in [3.8, 4) is 0 Å². The van der Waals surface area contributed by atoms with Crippen molar-refractivity contribution in [1.29, 1.82) is 0 Å². The molecule has 0 spiro atoms. The normalized spacial score (nSPS) is 14.5. The molecular weight excluding hydrogens is 762 g/mol. The van der Waals surface area contributed by atoms with Crippen LogP contribution in [0.5, 0.6) is 0 Å². The van der Waals surface area contributed by atoms with Gasteiger partial charge in [0.15, 0.2) is 11.7 Å². The zero-order valence-corrected chi connectivity index (χ0v) is 33.2. The molecule has 3 N–H and O–H groups in total. The monoisotopic (exact) mass is 782 g/mol. The van der Waals surface area contributed by atoms with E-state index < -0.39 is 63.2 Å². The molecule has 21 nitrogen and oxygen atoms in total. The molecule has 4 aromatic rings. The molecule has 1 atom stereocenters. The van der Waals surface area contributed by atoms with Gasteiger partial charge in [-0.2, -0.15) is 20.3 Å². The van der Waals surface area contributed by atoms with Crippen molar-refractivity contribution in [2.45, 2.75) is 22.8 Å². The molecule has 0 aliphatic carbocycles. The summed E-state index contributed by atoms with van der Waals surface area (Å²) in [6.45, 7) is 1.46. The second kappa shape index (κ2) is 17.1. The van der Waals surface area contributed by atoms with Gasteiger partial charge in [0.05, 0.1) is 48.1 Å². The zero-order chi connectivity index (χ0) is 37.2. The van der Waals surface area contributed by atoms with E-state index in [0.717, 1.165) is 41.4 Å². The smallest absolute Gasteiger partial charge is 0.744 e. The third-order valence-corrected chi connectivity index (χ3v) is 8.66. The molecule has 0 saturated heterocycles. The van der Waals surface area contributed by atoms with E-state index in [2.05, 4.69) is 30.9 Å². The van der Waals surface area contributed by atoms with E-state index in [4.69, 9.17) is 5.73 Å². The quantitative estimate of drug-likeness (QED) is 0.0458. The van der Waals surface area contributed by atoms with E-state index in [0.29, 0.717) is 6.07 Å². The molecule has 262 valence electrons. The molecule has 0 bridgehead atoms. The summed E-state index contributed by atoms with van der Waals surface area (Å²) < 4.78 is 68.6. The summed E-state index contributed by atoms with van der Waals surface area (Å²) in [6.07, 6.45) is 0. The summed E-state index contributed by atoms with van der Waals surface area (Å²) in [5.74, 6) is -0.708. The van der Waals surface area contributed by atoms with Crippen molar-refractivity contribution in [1.82, 2.24) is 0 Å². The van der Waals surface area contributed by atoms with Crippen molar-refractivity contribution in [2.75, 3.05) is 16.1 Å². The van der Waals surface area contributed by atoms with Gasteiger partial charge in [-0.15, -0.1) is 10.2 Å². The summed E-state index contributed by atoms with van der Waals surface area (Å²) in [7, 11) is -9.79. The van der Waals surface area contributed by atoms with Crippen LogP contribution in [0.4, 0.5) is 51.2 Å². The van der Waals surface area contributed by atoms with Gasteiger partial charge in [0.1, 0.15) is 25.9 Å². The third-order valence-electron chi connectivity index (χ3n) is 6.93. The standard InChI is InChI=1S/C28H22N10O11S2.2Na/c1-15-27(28(39)36(35-15)18-6-9-20(10-7-18)50(44,45)46)34-33-24-13-21(29)23(14-25(24)38(42)43)32-31-17-4-2-16(3-5-17)30-22-11-8-19(37(40)41)12-26(22)51(47,48)49;;/h2-14,27,30H,29H2,1H3,(H,44,45,46)(H,47,48,49);;/q;2*+1/p-2. The molecular formula is C28H20N10Na2O11S2. The van der Waals surface area contributed by atoms with Crippen molar-refractivity contribution >= 4 is 83.0 Å². The number of amides is 1. The number of carbonyl (C=O) groups excluding carboxylic acids is 1. The first-order valence-corrected chi connectivity index (χ1v) is 16.7. The summed E-state index contributed by atoms with van der Waals surface area (Å²) in [6, 6.07) is 13.6. The molecule has 53 heavy (non-hydrogen) atoms. The molecule has 1 amide bonds. The minimum atomic E-state index is -5.07. The Morgan fingerprint density at radius 3 is 2.02 bits per heavy atom. The van der Waals surface area contributed by atoms with E-state index in [1.807, 2.05) is 0 Å². The van der Waals surface area contributed by atoms with Crippen molar-refractivity contribution in [3.05, 3.63) is 99.1 Å². The Morgan fingerprint density at radius 2 is 1.45 bits per heavy atom. The van der Waals surface area contributed by atoms with E-state index in [9.17, 15) is 51.0 Å². The van der Waals surface area contributed by atoms with Crippen molar-refractivity contribution in [2.24, 2.45) is 25.6 Å². The number of nitrogen functional groups attached to an aromatic ring is 1. The van der Waals surface area contributed by atoms with Crippen LogP contribution >= 0.6 is 0 Å². The number of nitrogens with one attached hydrogen (secondary N) is 1. The zero-order valence-electron chi connectivity index (χ0n) is 27.5. The number of hydrazone groups is 1. The number of rotatable bonds is 11. The van der Waals surface area contributed by atoms with Crippen LogP contribution in [0.1, 0.15) is 6.92 Å². The maximum absolute atomic E-state index is 13.0. The number of nitrogens with two attached hydrogens (primary N) is 1. The van der Waals surface area contributed by atoms with E-state index in [-0.39, 0.29) is 105 Å². The molecule has 0 aromatic heterocycles. The van der Waals surface area contributed by atoms with Gasteiger partial charge in [-0.1, -0.05) is 0 Å². The van der Waals surface area contributed by atoms with E-state index in [1.165, 1.54) is 43.3 Å². The Bertz CT molecular complexity index is 2410. The van der Waals surface area contributed by atoms with Crippen LogP contribution in [0.25, 0.3) is 0 Å². The SMILES string of the molecule is CC1=NN(c2ccc(S(=O)(=O)[O-])cc2)C(=O)C1N=Nc1cc(N)c(N=Nc2ccc(Nc3ccc([N+](=O)[O-])cc3S(=O)(=O)[O-])cc2)cc1[N+](=O)[O-].[Na+].[Na+]. The first-order chi connectivity index (χ1) is 23.9. The van der Waals surface area contributed by atoms with Gasteiger partial charge in [-0.25, -0.2) is 16.8 Å². The van der Waals surface area contributed by atoms with Crippen LogP contribution < -0.4 is 75.2 Å². The number of nitro groups is 2. The van der Waals surface area contributed by atoms with Crippen molar-refractivity contribution in [3.63, 3.8) is 0 Å². The molecule has 1 heterocycles. The van der Waals surface area contributed by atoms with Gasteiger partial charge in [0, 0.05) is 23.9 Å². The largest absolute Gasteiger partial charge is 1.00 e. The van der Waals surface area contributed by atoms with Gasteiger partial charge >= 0.3 is 59.1 Å². The fourth-order valence-corrected chi connectivity index (χ4v) is 5.58. The average molecular weight is 783 g/mol. The number of hydrogen-bond acceptors (Lipinski definition) is 18. The Kier molecular flexibility index (Phi) is 13.8. The second-order valence-electron chi connectivity index (χ2n) is 10.4. The van der Waals surface area contributed by atoms with Gasteiger partial charge < -0.3 is 20.2 Å². The van der Waals surface area contributed by atoms with Crippen LogP contribution in [0.15, 0.2) is 114 Å². The number of non-ortho nitro benzene ring substituents is 1. The van der Waals surface area contributed by atoms with Gasteiger partial charge in [0.2, 0.25) is 0 Å². The first kappa shape index (κ1) is 42.8. The fraction of sp³-hybridized carbons (Fsp3) is 0.0714. The summed E-state index contributed by atoms with van der Waals surface area (Å²) in [4.78, 5) is 32.9. The summed E-state index contributed by atoms with van der Waals surface area (Å²) in [5.41, 5.74) is 4.92. The van der Waals surface area contributed by atoms with E-state index >= 15 is 0 Å². The molecule has 0 fully saturated rings. The van der Waals surface area contributed by atoms with Crippen LogP contribution in [0, 0.1) is 20.2 Å². The summed E-state index contributed by atoms with van der Waals surface area (Å²) in [5, 5.41) is 46.3. The Balaban J connectivity index is 0.00000378. The van der Waals surface area contributed by atoms with Gasteiger partial charge in [-0.3, -0.25) is 25.0 Å². The number of azo groups is 2. The Hall–Kier alpha value is -4.56. The average Bonchev–Trinajstić information content (AvgIpc) is 3.35. The molecule has 1 unspecified atom stereocenters. The summed E-state index contributed by atoms with van der Waals surface area (Å²) >= 11 is 0. The van der Waals surface area contributed by atoms with Gasteiger partial charge in [0.25, 0.3) is 17.3 Å². The minimum absolute atomic E-state index is 0. The molecule has 25 heteroatoms. The van der Waals surface area contributed by atoms with Crippen LogP contribution in [-0.2, 0) is 25.0 Å². The topological polar surface area (TPSA) is 321 Å². The number of hydrogen-bond donors (Lipinski definition) is 2. The Morgan fingerprint density at radius 1 is 0.811 bits per heavy atom. The number of nitrogens with zero attached hydrogens (tertiary/aromatic N) is 8. The predicted molar refractivity (Wildman–Crippen MR) is 176 cm³/mol. The molecule has 0 radical (unpaired) electrons. The second-order valence-corrected chi connectivity index (χ2v) is 13.1. The first-order valence-electron chi connectivity index (χ1n) is 13.9. The number of nitro benzene ring substituents is 2. The number of carbonyl (C=O) groups is 1. The Labute approximate surface area is 343 Å². The molecule has 5 rings (SSSR count).